The number of hydrogen-bond acceptors (Lipinski definition) is 3. The van der Waals surface area contributed by atoms with Crippen LogP contribution in [0.3, 0.4) is 0 Å². The van der Waals surface area contributed by atoms with Gasteiger partial charge in [-0.15, -0.1) is 10.2 Å². The van der Waals surface area contributed by atoms with Crippen LogP contribution in [0.2, 0.25) is 0 Å². The Morgan fingerprint density at radius 3 is 2.40 bits per heavy atom. The SMILES string of the molecule is O=c1c2ccccc2n2c(-c3c[nH]c4ccccc34)nnc2n1Cc1ccccc1. The van der Waals surface area contributed by atoms with Crippen LogP contribution in [0.5, 0.6) is 0 Å². The molecule has 6 aromatic rings. The average Bonchev–Trinajstić information content (AvgIpc) is 3.42. The molecule has 6 heteroatoms. The first-order chi connectivity index (χ1) is 14.8. The Labute approximate surface area is 171 Å². The number of nitrogens with one attached hydrogen (secondary N) is 1. The van der Waals surface area contributed by atoms with Crippen molar-refractivity contribution in [1.82, 2.24) is 24.1 Å². The first-order valence-corrected chi connectivity index (χ1v) is 9.78. The molecule has 0 saturated heterocycles. The Morgan fingerprint density at radius 1 is 0.800 bits per heavy atom. The van der Waals surface area contributed by atoms with Crippen LogP contribution in [-0.4, -0.2) is 24.1 Å². The second kappa shape index (κ2) is 6.42. The highest BCUT2D eigenvalue weighted by Gasteiger charge is 2.19. The minimum absolute atomic E-state index is 0.0696. The Hall–Kier alpha value is -4.19. The second-order valence-corrected chi connectivity index (χ2v) is 7.30. The smallest absolute Gasteiger partial charge is 0.263 e. The standard InChI is InChI=1S/C24H17N5O/c30-23-18-11-5-7-13-21(18)29-22(19-14-25-20-12-6-4-10-17(19)20)26-27-24(29)28(23)15-16-8-2-1-3-9-16/h1-14,25H,15H2. The molecule has 1 N–H and O–H groups in total. The Kier molecular flexibility index (Phi) is 3.58. The van der Waals surface area contributed by atoms with Crippen molar-refractivity contribution in [3.05, 3.63) is 101 Å². The third kappa shape index (κ3) is 2.40. The van der Waals surface area contributed by atoms with Crippen molar-refractivity contribution in [1.29, 1.82) is 0 Å². The van der Waals surface area contributed by atoms with Crippen LogP contribution in [0.25, 0.3) is 39.0 Å². The van der Waals surface area contributed by atoms with Crippen molar-refractivity contribution in [2.24, 2.45) is 0 Å². The quantitative estimate of drug-likeness (QED) is 0.491. The number of fused-ring (bicyclic) bond motifs is 4. The molecule has 3 aromatic heterocycles. The lowest BCUT2D eigenvalue weighted by Crippen LogP contribution is -2.24. The summed E-state index contributed by atoms with van der Waals surface area (Å²) in [6.07, 6.45) is 1.95. The van der Waals surface area contributed by atoms with E-state index in [2.05, 4.69) is 21.2 Å². The highest BCUT2D eigenvalue weighted by atomic mass is 16.1. The van der Waals surface area contributed by atoms with E-state index in [0.717, 1.165) is 27.5 Å². The van der Waals surface area contributed by atoms with Crippen molar-refractivity contribution in [3.8, 4) is 11.4 Å². The number of nitrogens with zero attached hydrogens (tertiary/aromatic N) is 4. The van der Waals surface area contributed by atoms with E-state index in [4.69, 9.17) is 0 Å². The molecule has 6 rings (SSSR count). The third-order valence-corrected chi connectivity index (χ3v) is 5.52. The molecule has 0 spiro atoms. The monoisotopic (exact) mass is 391 g/mol. The molecular weight excluding hydrogens is 374 g/mol. The zero-order chi connectivity index (χ0) is 20.1. The van der Waals surface area contributed by atoms with Gasteiger partial charge in [-0.25, -0.2) is 0 Å². The highest BCUT2D eigenvalue weighted by Crippen LogP contribution is 2.29. The van der Waals surface area contributed by atoms with Crippen molar-refractivity contribution < 1.29 is 0 Å². The largest absolute Gasteiger partial charge is 0.360 e. The Bertz CT molecular complexity index is 1590. The van der Waals surface area contributed by atoms with E-state index in [0.29, 0.717) is 23.5 Å². The van der Waals surface area contributed by atoms with Crippen LogP contribution in [0, 0.1) is 0 Å². The molecule has 0 radical (unpaired) electrons. The number of rotatable bonds is 3. The van der Waals surface area contributed by atoms with Crippen LogP contribution < -0.4 is 5.56 Å². The van der Waals surface area contributed by atoms with Gasteiger partial charge in [-0.05, 0) is 23.8 Å². The fourth-order valence-electron chi connectivity index (χ4n) is 4.10. The number of benzene rings is 3. The lowest BCUT2D eigenvalue weighted by atomic mass is 10.1. The third-order valence-electron chi connectivity index (χ3n) is 5.52. The summed E-state index contributed by atoms with van der Waals surface area (Å²) >= 11 is 0. The average molecular weight is 391 g/mol. The van der Waals surface area contributed by atoms with Crippen molar-refractivity contribution >= 4 is 27.6 Å². The topological polar surface area (TPSA) is 68.0 Å². The fourth-order valence-corrected chi connectivity index (χ4v) is 4.10. The van der Waals surface area contributed by atoms with Gasteiger partial charge in [-0.3, -0.25) is 13.8 Å². The molecule has 30 heavy (non-hydrogen) atoms. The van der Waals surface area contributed by atoms with Crippen molar-refractivity contribution in [2.45, 2.75) is 6.54 Å². The minimum Gasteiger partial charge on any atom is -0.360 e. The molecule has 0 unspecified atom stereocenters. The molecule has 0 aliphatic carbocycles. The van der Waals surface area contributed by atoms with Crippen LogP contribution in [0.4, 0.5) is 0 Å². The molecule has 0 aliphatic rings. The van der Waals surface area contributed by atoms with E-state index in [1.807, 2.05) is 83.4 Å². The van der Waals surface area contributed by atoms with E-state index >= 15 is 0 Å². The number of aromatic amines is 1. The zero-order valence-corrected chi connectivity index (χ0v) is 16.0. The predicted octanol–water partition coefficient (Wildman–Crippen LogP) is 4.24. The van der Waals surface area contributed by atoms with Crippen LogP contribution >= 0.6 is 0 Å². The predicted molar refractivity (Wildman–Crippen MR) is 118 cm³/mol. The van der Waals surface area contributed by atoms with Gasteiger partial charge in [-0.2, -0.15) is 0 Å². The van der Waals surface area contributed by atoms with E-state index in [1.165, 1.54) is 0 Å². The molecule has 0 fully saturated rings. The minimum atomic E-state index is -0.0696. The summed E-state index contributed by atoms with van der Waals surface area (Å²) in [7, 11) is 0. The molecule has 0 aliphatic heterocycles. The zero-order valence-electron chi connectivity index (χ0n) is 16.0. The molecule has 0 atom stereocenters. The van der Waals surface area contributed by atoms with Crippen LogP contribution in [0.15, 0.2) is 89.9 Å². The Balaban J connectivity index is 1.70. The van der Waals surface area contributed by atoms with Crippen molar-refractivity contribution in [3.63, 3.8) is 0 Å². The van der Waals surface area contributed by atoms with Gasteiger partial charge < -0.3 is 4.98 Å². The van der Waals surface area contributed by atoms with E-state index in [9.17, 15) is 4.79 Å². The van der Waals surface area contributed by atoms with Gasteiger partial charge in [0.15, 0.2) is 5.82 Å². The van der Waals surface area contributed by atoms with Gasteiger partial charge in [0.05, 0.1) is 17.4 Å². The lowest BCUT2D eigenvalue weighted by Gasteiger charge is -2.11. The van der Waals surface area contributed by atoms with E-state index in [1.54, 1.807) is 4.57 Å². The molecule has 0 amide bonds. The number of para-hydroxylation sites is 2. The summed E-state index contributed by atoms with van der Waals surface area (Å²) < 4.78 is 3.68. The summed E-state index contributed by atoms with van der Waals surface area (Å²) in [6.45, 7) is 0.431. The maximum Gasteiger partial charge on any atom is 0.263 e. The van der Waals surface area contributed by atoms with Gasteiger partial charge in [0.2, 0.25) is 5.78 Å². The maximum atomic E-state index is 13.3. The number of hydrogen-bond donors (Lipinski definition) is 1. The van der Waals surface area contributed by atoms with Crippen LogP contribution in [0.1, 0.15) is 5.56 Å². The summed E-state index contributed by atoms with van der Waals surface area (Å²) in [6, 6.07) is 25.6. The summed E-state index contributed by atoms with van der Waals surface area (Å²) in [5, 5.41) is 10.7. The number of H-pyrrole nitrogens is 1. The van der Waals surface area contributed by atoms with Gasteiger partial charge in [0, 0.05) is 22.7 Å². The molecule has 0 bridgehead atoms. The molecule has 3 heterocycles. The second-order valence-electron chi connectivity index (χ2n) is 7.30. The highest BCUT2D eigenvalue weighted by molar-refractivity contribution is 5.95. The first kappa shape index (κ1) is 16.7. The molecule has 144 valence electrons. The summed E-state index contributed by atoms with van der Waals surface area (Å²) in [5.41, 5.74) is 3.75. The summed E-state index contributed by atoms with van der Waals surface area (Å²) in [5.74, 6) is 1.24. The Morgan fingerprint density at radius 2 is 1.53 bits per heavy atom. The van der Waals surface area contributed by atoms with Gasteiger partial charge in [-0.1, -0.05) is 60.7 Å². The van der Waals surface area contributed by atoms with Gasteiger partial charge in [0.1, 0.15) is 0 Å². The molecule has 6 nitrogen and oxygen atoms in total. The van der Waals surface area contributed by atoms with Gasteiger partial charge >= 0.3 is 0 Å². The summed E-state index contributed by atoms with van der Waals surface area (Å²) in [4.78, 5) is 16.6. The molecular formula is C24H17N5O. The first-order valence-electron chi connectivity index (χ1n) is 9.78. The van der Waals surface area contributed by atoms with E-state index < -0.39 is 0 Å². The van der Waals surface area contributed by atoms with E-state index in [-0.39, 0.29) is 5.56 Å². The number of aromatic nitrogens is 5. The van der Waals surface area contributed by atoms with Crippen molar-refractivity contribution in [2.75, 3.05) is 0 Å². The normalized spacial score (nSPS) is 11.6. The van der Waals surface area contributed by atoms with Gasteiger partial charge in [0.25, 0.3) is 5.56 Å². The molecule has 3 aromatic carbocycles. The fraction of sp³-hybridized carbons (Fsp3) is 0.0417. The lowest BCUT2D eigenvalue weighted by molar-refractivity contribution is 0.767. The maximum absolute atomic E-state index is 13.3. The molecule has 0 saturated carbocycles. The van der Waals surface area contributed by atoms with Crippen LogP contribution in [-0.2, 0) is 6.54 Å².